The van der Waals surface area contributed by atoms with E-state index in [1.54, 1.807) is 0 Å². The van der Waals surface area contributed by atoms with Crippen molar-refractivity contribution in [1.82, 2.24) is 5.32 Å². The summed E-state index contributed by atoms with van der Waals surface area (Å²) in [5.41, 5.74) is 6.96. The molecule has 0 saturated carbocycles. The van der Waals surface area contributed by atoms with Gasteiger partial charge in [-0.2, -0.15) is 0 Å². The van der Waals surface area contributed by atoms with E-state index >= 15 is 0 Å². The molecule has 0 saturated heterocycles. The maximum Gasteiger partial charge on any atom is 0.319 e. The highest BCUT2D eigenvalue weighted by molar-refractivity contribution is 9.10. The summed E-state index contributed by atoms with van der Waals surface area (Å²) in [6.07, 6.45) is 1.36. The number of hydrogen-bond donors (Lipinski definition) is 3. The number of carbonyl (C=O) groups excluding carboxylic acids is 2. The van der Waals surface area contributed by atoms with Gasteiger partial charge in [0.1, 0.15) is 0 Å². The molecular formula is C18H20Br2Cl2N4O2. The fourth-order valence-corrected chi connectivity index (χ4v) is 2.13. The monoisotopic (exact) mass is 552 g/mol. The van der Waals surface area contributed by atoms with Gasteiger partial charge >= 0.3 is 6.03 Å². The quantitative estimate of drug-likeness (QED) is 0.200. The molecule has 6 nitrogen and oxygen atoms in total. The molecule has 0 spiro atoms. The van der Waals surface area contributed by atoms with Crippen molar-refractivity contribution in [2.24, 2.45) is 4.99 Å². The Kier molecular flexibility index (Phi) is 16.5. The van der Waals surface area contributed by atoms with E-state index in [0.717, 1.165) is 20.3 Å². The average molecular weight is 555 g/mol. The van der Waals surface area contributed by atoms with Crippen molar-refractivity contribution in [3.05, 3.63) is 57.5 Å². The Morgan fingerprint density at radius 2 is 1.54 bits per heavy atom. The van der Waals surface area contributed by atoms with E-state index in [1.165, 1.54) is 6.08 Å². The molecule has 0 radical (unpaired) electrons. The van der Waals surface area contributed by atoms with Gasteiger partial charge in [0, 0.05) is 38.6 Å². The van der Waals surface area contributed by atoms with Gasteiger partial charge in [-0.1, -0.05) is 31.9 Å². The first kappa shape index (κ1) is 26.4. The first-order valence-electron chi connectivity index (χ1n) is 7.90. The van der Waals surface area contributed by atoms with Gasteiger partial charge in [0.25, 0.3) is 0 Å². The van der Waals surface area contributed by atoms with Crippen LogP contribution in [0.3, 0.4) is 0 Å². The summed E-state index contributed by atoms with van der Waals surface area (Å²) in [5.74, 6) is 0.809. The predicted molar refractivity (Wildman–Crippen MR) is 124 cm³/mol. The lowest BCUT2D eigenvalue weighted by Gasteiger charge is -2.05. The van der Waals surface area contributed by atoms with Crippen LogP contribution < -0.4 is 16.4 Å². The second-order valence-corrected chi connectivity index (χ2v) is 7.38. The number of benzene rings is 2. The molecule has 2 aromatic carbocycles. The van der Waals surface area contributed by atoms with Crippen LogP contribution in [0.4, 0.5) is 16.2 Å². The van der Waals surface area contributed by atoms with Crippen LogP contribution in [-0.2, 0) is 4.79 Å². The van der Waals surface area contributed by atoms with E-state index in [1.807, 2.05) is 48.5 Å². The molecule has 0 fully saturated rings. The zero-order valence-electron chi connectivity index (χ0n) is 14.8. The SMILES string of the molecule is Nc1ccc(Br)cc1.O=C(NCCCl)Nc1ccc(Br)cc1.O=C=NCCCl. The summed E-state index contributed by atoms with van der Waals surface area (Å²) < 4.78 is 2.04. The third kappa shape index (κ3) is 15.5. The van der Waals surface area contributed by atoms with Crippen LogP contribution in [0.25, 0.3) is 0 Å². The van der Waals surface area contributed by atoms with Crippen LogP contribution in [0.2, 0.25) is 0 Å². The number of nitrogen functional groups attached to an aromatic ring is 1. The van der Waals surface area contributed by atoms with Crippen LogP contribution in [0.15, 0.2) is 62.5 Å². The summed E-state index contributed by atoms with van der Waals surface area (Å²) in [4.78, 5) is 23.5. The van der Waals surface area contributed by atoms with Gasteiger partial charge in [-0.05, 0) is 48.5 Å². The van der Waals surface area contributed by atoms with Gasteiger partial charge < -0.3 is 16.4 Å². The predicted octanol–water partition coefficient (Wildman–Crippen LogP) is 5.40. The number of carbonyl (C=O) groups is 1. The van der Waals surface area contributed by atoms with Crippen molar-refractivity contribution in [3.63, 3.8) is 0 Å². The van der Waals surface area contributed by atoms with E-state index in [0.29, 0.717) is 24.8 Å². The van der Waals surface area contributed by atoms with E-state index in [4.69, 9.17) is 28.9 Å². The summed E-state index contributed by atoms with van der Waals surface area (Å²) in [6, 6.07) is 14.6. The number of hydrogen-bond acceptors (Lipinski definition) is 4. The Morgan fingerprint density at radius 3 is 1.93 bits per heavy atom. The van der Waals surface area contributed by atoms with Crippen molar-refractivity contribution in [1.29, 1.82) is 0 Å². The Labute approximate surface area is 191 Å². The second kappa shape index (κ2) is 17.5. The van der Waals surface area contributed by atoms with Crippen molar-refractivity contribution in [2.75, 3.05) is 35.9 Å². The largest absolute Gasteiger partial charge is 0.399 e. The van der Waals surface area contributed by atoms with Crippen molar-refractivity contribution in [3.8, 4) is 0 Å². The minimum Gasteiger partial charge on any atom is -0.399 e. The van der Waals surface area contributed by atoms with E-state index < -0.39 is 0 Å². The molecule has 0 atom stereocenters. The number of alkyl halides is 2. The first-order chi connectivity index (χ1) is 13.4. The Morgan fingerprint density at radius 1 is 1.00 bits per heavy atom. The molecule has 0 unspecified atom stereocenters. The van der Waals surface area contributed by atoms with Gasteiger partial charge in [0.2, 0.25) is 6.08 Å². The fraction of sp³-hybridized carbons (Fsp3) is 0.222. The smallest absolute Gasteiger partial charge is 0.319 e. The van der Waals surface area contributed by atoms with Crippen molar-refractivity contribution in [2.45, 2.75) is 0 Å². The molecule has 4 N–H and O–H groups in total. The molecule has 0 aliphatic rings. The number of rotatable bonds is 5. The van der Waals surface area contributed by atoms with E-state index in [2.05, 4.69) is 47.5 Å². The minimum atomic E-state index is -0.243. The number of aliphatic imine (C=N–C) groups is 1. The van der Waals surface area contributed by atoms with E-state index in [9.17, 15) is 9.59 Å². The standard InChI is InChI=1S/C9H10BrClN2O.C6H6BrN.C3H4ClNO/c10-7-1-3-8(4-2-7)13-9(14)12-6-5-11;7-5-1-3-6(8)4-2-5;4-1-2-5-3-6/h1-4H,5-6H2,(H2,12,13,14);1-4H,8H2;1-2H2. The lowest BCUT2D eigenvalue weighted by molar-refractivity contribution is 0.252. The lowest BCUT2D eigenvalue weighted by atomic mass is 10.3. The number of nitrogens with two attached hydrogens (primary N) is 1. The lowest BCUT2D eigenvalue weighted by Crippen LogP contribution is -2.30. The van der Waals surface area contributed by atoms with Crippen LogP contribution in [0.1, 0.15) is 0 Å². The zero-order chi connectivity index (χ0) is 21.2. The fourth-order valence-electron chi connectivity index (χ4n) is 1.42. The number of isocyanates is 1. The van der Waals surface area contributed by atoms with Gasteiger partial charge in [0.05, 0.1) is 6.54 Å². The minimum absolute atomic E-state index is 0.243. The topological polar surface area (TPSA) is 96.6 Å². The van der Waals surface area contributed by atoms with Crippen LogP contribution in [0.5, 0.6) is 0 Å². The Balaban J connectivity index is 0.000000439. The number of amides is 2. The molecule has 0 bridgehead atoms. The van der Waals surface area contributed by atoms with Crippen LogP contribution in [-0.4, -0.2) is 37.0 Å². The van der Waals surface area contributed by atoms with Gasteiger partial charge in [-0.25, -0.2) is 14.6 Å². The summed E-state index contributed by atoms with van der Waals surface area (Å²) >= 11 is 17.1. The van der Waals surface area contributed by atoms with Crippen LogP contribution in [0, 0.1) is 0 Å². The maximum absolute atomic E-state index is 11.2. The summed E-state index contributed by atoms with van der Waals surface area (Å²) in [5, 5.41) is 5.28. The third-order valence-corrected chi connectivity index (χ3v) is 4.03. The molecule has 0 aliphatic heterocycles. The second-order valence-electron chi connectivity index (χ2n) is 4.79. The van der Waals surface area contributed by atoms with E-state index in [-0.39, 0.29) is 6.03 Å². The molecular weight excluding hydrogens is 535 g/mol. The first-order valence-corrected chi connectivity index (χ1v) is 10.6. The number of urea groups is 1. The Hall–Kier alpha value is -1.57. The highest BCUT2D eigenvalue weighted by Crippen LogP contribution is 2.13. The normalized spacial score (nSPS) is 8.86. The third-order valence-electron chi connectivity index (χ3n) is 2.61. The van der Waals surface area contributed by atoms with Crippen molar-refractivity contribution >= 4 is 78.5 Å². The molecule has 10 heteroatoms. The molecule has 152 valence electrons. The van der Waals surface area contributed by atoms with Gasteiger partial charge in [0.15, 0.2) is 0 Å². The molecule has 2 aromatic rings. The number of halogens is 4. The van der Waals surface area contributed by atoms with Crippen molar-refractivity contribution < 1.29 is 9.59 Å². The molecule has 0 aliphatic carbocycles. The number of anilines is 2. The van der Waals surface area contributed by atoms with Gasteiger partial charge in [-0.3, -0.25) is 0 Å². The molecule has 2 rings (SSSR count). The summed E-state index contributed by atoms with van der Waals surface area (Å²) in [6.45, 7) is 0.842. The Bertz CT molecular complexity index is 704. The highest BCUT2D eigenvalue weighted by atomic mass is 79.9. The van der Waals surface area contributed by atoms with Crippen LogP contribution >= 0.6 is 55.1 Å². The molecule has 2 amide bonds. The molecule has 28 heavy (non-hydrogen) atoms. The molecule has 0 heterocycles. The number of nitrogens with zero attached hydrogens (tertiary/aromatic N) is 1. The van der Waals surface area contributed by atoms with Gasteiger partial charge in [-0.15, -0.1) is 23.2 Å². The zero-order valence-corrected chi connectivity index (χ0v) is 19.5. The summed E-state index contributed by atoms with van der Waals surface area (Å²) in [7, 11) is 0. The maximum atomic E-state index is 11.2. The average Bonchev–Trinajstić information content (AvgIpc) is 2.70. The number of nitrogens with one attached hydrogen (secondary N) is 2. The highest BCUT2D eigenvalue weighted by Gasteiger charge is 1.99. The molecule has 0 aromatic heterocycles.